The van der Waals surface area contributed by atoms with E-state index >= 15 is 0 Å². The number of pyridine rings is 1. The van der Waals surface area contributed by atoms with Crippen LogP contribution in [-0.4, -0.2) is 11.3 Å². The van der Waals surface area contributed by atoms with E-state index in [2.05, 4.69) is 36.8 Å². The summed E-state index contributed by atoms with van der Waals surface area (Å²) in [5.74, 6) is 0. The molecule has 0 aliphatic heterocycles. The van der Waals surface area contributed by atoms with Crippen molar-refractivity contribution in [3.05, 3.63) is 27.5 Å². The first kappa shape index (κ1) is 11.7. The van der Waals surface area contributed by atoms with E-state index in [0.717, 1.165) is 6.20 Å². The second-order valence-electron chi connectivity index (χ2n) is 2.45. The Labute approximate surface area is 96.0 Å². The summed E-state index contributed by atoms with van der Waals surface area (Å²) in [4.78, 5) is 14.3. The van der Waals surface area contributed by atoms with Gasteiger partial charge in [0.15, 0.2) is 6.29 Å². The minimum Gasteiger partial charge on any atom is -0.298 e. The first-order valence-electron chi connectivity index (χ1n) is 3.58. The molecule has 0 amide bonds. The average Bonchev–Trinajstić information content (AvgIpc) is 2.16. The van der Waals surface area contributed by atoms with Crippen molar-refractivity contribution in [3.8, 4) is 0 Å². The van der Waals surface area contributed by atoms with Gasteiger partial charge in [0.1, 0.15) is 4.60 Å². The summed E-state index contributed by atoms with van der Waals surface area (Å²) < 4.78 is 25.2. The second-order valence-corrected chi connectivity index (χ2v) is 3.76. The Morgan fingerprint density at radius 3 is 2.64 bits per heavy atom. The SMILES string of the molecule is O=Cc1c(Br)ncc(C(F)F)c1CBr. The fourth-order valence-corrected chi connectivity index (χ4v) is 2.07. The summed E-state index contributed by atoms with van der Waals surface area (Å²) >= 11 is 6.08. The van der Waals surface area contributed by atoms with Gasteiger partial charge in [-0.05, 0) is 21.5 Å². The third-order valence-electron chi connectivity index (χ3n) is 1.70. The van der Waals surface area contributed by atoms with Crippen LogP contribution in [-0.2, 0) is 5.33 Å². The maximum absolute atomic E-state index is 12.5. The van der Waals surface area contributed by atoms with Crippen molar-refractivity contribution in [2.75, 3.05) is 0 Å². The van der Waals surface area contributed by atoms with Crippen LogP contribution >= 0.6 is 31.9 Å². The van der Waals surface area contributed by atoms with E-state index < -0.39 is 6.43 Å². The standard InChI is InChI=1S/C8H5Br2F2NO/c9-1-4-5(8(11)12)2-13-7(10)6(4)3-14/h2-3,8H,1H2. The van der Waals surface area contributed by atoms with Crippen molar-refractivity contribution in [1.29, 1.82) is 0 Å². The summed E-state index contributed by atoms with van der Waals surface area (Å²) in [6, 6.07) is 0. The molecule has 0 saturated carbocycles. The van der Waals surface area contributed by atoms with Gasteiger partial charge in [-0.15, -0.1) is 0 Å². The molecular weight excluding hydrogens is 324 g/mol. The van der Waals surface area contributed by atoms with Crippen LogP contribution in [0.3, 0.4) is 0 Å². The van der Waals surface area contributed by atoms with E-state index in [1.807, 2.05) is 0 Å². The minimum atomic E-state index is -2.62. The van der Waals surface area contributed by atoms with Crippen LogP contribution in [0.4, 0.5) is 8.78 Å². The van der Waals surface area contributed by atoms with Gasteiger partial charge in [-0.2, -0.15) is 0 Å². The van der Waals surface area contributed by atoms with E-state index in [9.17, 15) is 13.6 Å². The fraction of sp³-hybridized carbons (Fsp3) is 0.250. The highest BCUT2D eigenvalue weighted by Gasteiger charge is 2.18. The molecule has 0 aliphatic carbocycles. The maximum atomic E-state index is 12.5. The van der Waals surface area contributed by atoms with Crippen molar-refractivity contribution in [2.24, 2.45) is 0 Å². The zero-order chi connectivity index (χ0) is 10.7. The number of carbonyl (C=O) groups excluding carboxylic acids is 1. The molecular formula is C8H5Br2F2NO. The summed E-state index contributed by atoms with van der Waals surface area (Å²) in [5.41, 5.74) is 0.226. The number of hydrogen-bond donors (Lipinski definition) is 0. The quantitative estimate of drug-likeness (QED) is 0.483. The largest absolute Gasteiger partial charge is 0.298 e. The van der Waals surface area contributed by atoms with Crippen molar-refractivity contribution < 1.29 is 13.6 Å². The molecule has 0 unspecified atom stereocenters. The van der Waals surface area contributed by atoms with Gasteiger partial charge in [0.05, 0.1) is 5.56 Å². The van der Waals surface area contributed by atoms with Gasteiger partial charge in [0.2, 0.25) is 0 Å². The first-order chi connectivity index (χ1) is 6.61. The predicted molar refractivity (Wildman–Crippen MR) is 54.9 cm³/mol. The third kappa shape index (κ3) is 2.17. The molecule has 6 heteroatoms. The smallest absolute Gasteiger partial charge is 0.265 e. The molecule has 0 aliphatic rings. The van der Waals surface area contributed by atoms with E-state index in [4.69, 9.17) is 0 Å². The molecule has 0 saturated heterocycles. The number of rotatable bonds is 3. The van der Waals surface area contributed by atoms with Crippen LogP contribution in [0.2, 0.25) is 0 Å². The lowest BCUT2D eigenvalue weighted by Crippen LogP contribution is -2.01. The third-order valence-corrected chi connectivity index (χ3v) is 2.89. The normalized spacial score (nSPS) is 10.6. The van der Waals surface area contributed by atoms with E-state index in [1.54, 1.807) is 0 Å². The van der Waals surface area contributed by atoms with Crippen LogP contribution < -0.4 is 0 Å². The molecule has 0 bridgehead atoms. The van der Waals surface area contributed by atoms with Gasteiger partial charge in [-0.3, -0.25) is 4.79 Å². The summed E-state index contributed by atoms with van der Waals surface area (Å²) in [6.45, 7) is 0. The summed E-state index contributed by atoms with van der Waals surface area (Å²) in [6.07, 6.45) is -1.04. The Kier molecular flexibility index (Phi) is 4.12. The van der Waals surface area contributed by atoms with Crippen molar-refractivity contribution in [2.45, 2.75) is 11.8 Å². The van der Waals surface area contributed by atoms with Crippen LogP contribution in [0.1, 0.15) is 27.9 Å². The fourth-order valence-electron chi connectivity index (χ4n) is 1.01. The molecule has 0 N–H and O–H groups in total. The van der Waals surface area contributed by atoms with Gasteiger partial charge in [-0.1, -0.05) is 15.9 Å². The summed E-state index contributed by atoms with van der Waals surface area (Å²) in [5, 5.41) is 0.196. The Morgan fingerprint density at radius 2 is 2.21 bits per heavy atom. The molecule has 0 atom stereocenters. The monoisotopic (exact) mass is 327 g/mol. The molecule has 0 fully saturated rings. The molecule has 0 radical (unpaired) electrons. The topological polar surface area (TPSA) is 30.0 Å². The minimum absolute atomic E-state index is 0.166. The lowest BCUT2D eigenvalue weighted by atomic mass is 10.1. The maximum Gasteiger partial charge on any atom is 0.265 e. The Bertz CT molecular complexity index is 357. The number of hydrogen-bond acceptors (Lipinski definition) is 2. The van der Waals surface area contributed by atoms with Crippen LogP contribution in [0, 0.1) is 0 Å². The number of aromatic nitrogens is 1. The van der Waals surface area contributed by atoms with Crippen molar-refractivity contribution in [1.82, 2.24) is 4.98 Å². The molecule has 1 heterocycles. The number of halogens is 4. The zero-order valence-corrected chi connectivity index (χ0v) is 9.98. The van der Waals surface area contributed by atoms with Gasteiger partial charge < -0.3 is 0 Å². The predicted octanol–water partition coefficient (Wildman–Crippen LogP) is 3.49. The molecule has 1 aromatic rings. The van der Waals surface area contributed by atoms with Gasteiger partial charge >= 0.3 is 0 Å². The van der Waals surface area contributed by atoms with Crippen LogP contribution in [0.15, 0.2) is 10.8 Å². The molecule has 2 nitrogen and oxygen atoms in total. The number of alkyl halides is 3. The van der Waals surface area contributed by atoms with Crippen molar-refractivity contribution >= 4 is 38.1 Å². The first-order valence-corrected chi connectivity index (χ1v) is 5.49. The lowest BCUT2D eigenvalue weighted by Gasteiger charge is -2.09. The highest BCUT2D eigenvalue weighted by Crippen LogP contribution is 2.29. The van der Waals surface area contributed by atoms with Gasteiger partial charge in [-0.25, -0.2) is 13.8 Å². The molecule has 76 valence electrons. The van der Waals surface area contributed by atoms with Gasteiger partial charge in [0.25, 0.3) is 6.43 Å². The highest BCUT2D eigenvalue weighted by atomic mass is 79.9. The Morgan fingerprint density at radius 1 is 1.57 bits per heavy atom. The number of carbonyl (C=O) groups is 1. The average molecular weight is 329 g/mol. The Hall–Kier alpha value is -0.360. The van der Waals surface area contributed by atoms with E-state index in [1.165, 1.54) is 0 Å². The van der Waals surface area contributed by atoms with Crippen LogP contribution in [0.25, 0.3) is 0 Å². The Balaban J connectivity index is 3.40. The number of nitrogens with zero attached hydrogens (tertiary/aromatic N) is 1. The zero-order valence-electron chi connectivity index (χ0n) is 6.81. The molecule has 14 heavy (non-hydrogen) atoms. The lowest BCUT2D eigenvalue weighted by molar-refractivity contribution is 0.112. The molecule has 0 aromatic carbocycles. The number of aldehydes is 1. The van der Waals surface area contributed by atoms with Crippen molar-refractivity contribution in [3.63, 3.8) is 0 Å². The van der Waals surface area contributed by atoms with E-state index in [0.29, 0.717) is 6.29 Å². The van der Waals surface area contributed by atoms with E-state index in [-0.39, 0.29) is 26.6 Å². The van der Waals surface area contributed by atoms with Gasteiger partial charge in [0, 0.05) is 17.1 Å². The van der Waals surface area contributed by atoms with Crippen LogP contribution in [0.5, 0.6) is 0 Å². The molecule has 1 aromatic heterocycles. The summed E-state index contributed by atoms with van der Waals surface area (Å²) in [7, 11) is 0. The molecule has 0 spiro atoms. The highest BCUT2D eigenvalue weighted by molar-refractivity contribution is 9.10. The second kappa shape index (κ2) is 4.93. The molecule has 1 rings (SSSR count).